The molecule has 6 rings (SSSR count). The molecule has 1 aliphatic carbocycles. The second-order valence-corrected chi connectivity index (χ2v) is 12.5. The van der Waals surface area contributed by atoms with Crippen LogP contribution in [0.4, 0.5) is 5.69 Å². The summed E-state index contributed by atoms with van der Waals surface area (Å²) in [7, 11) is -3.51. The summed E-state index contributed by atoms with van der Waals surface area (Å²) < 4.78 is 36.1. The van der Waals surface area contributed by atoms with Gasteiger partial charge in [-0.05, 0) is 55.5 Å². The molecule has 3 heterocycles. The summed E-state index contributed by atoms with van der Waals surface area (Å²) >= 11 is 0. The Morgan fingerprint density at radius 3 is 2.26 bits per heavy atom. The maximum Gasteiger partial charge on any atom is 0.282 e. The highest BCUT2D eigenvalue weighted by Gasteiger charge is 2.48. The van der Waals surface area contributed by atoms with Gasteiger partial charge >= 0.3 is 0 Å². The van der Waals surface area contributed by atoms with Gasteiger partial charge < -0.3 is 14.5 Å². The zero-order valence-electron chi connectivity index (χ0n) is 20.4. The van der Waals surface area contributed by atoms with Crippen LogP contribution >= 0.6 is 0 Å². The highest BCUT2D eigenvalue weighted by Crippen LogP contribution is 2.37. The van der Waals surface area contributed by atoms with E-state index in [1.54, 1.807) is 8.61 Å². The van der Waals surface area contributed by atoms with E-state index in [0.717, 1.165) is 18.5 Å². The van der Waals surface area contributed by atoms with Crippen LogP contribution in [0.5, 0.6) is 0 Å². The van der Waals surface area contributed by atoms with E-state index in [0.29, 0.717) is 64.7 Å². The van der Waals surface area contributed by atoms with E-state index in [9.17, 15) is 13.2 Å². The third-order valence-electron chi connectivity index (χ3n) is 8.14. The third kappa shape index (κ3) is 4.43. The van der Waals surface area contributed by atoms with Crippen LogP contribution < -0.4 is 4.90 Å². The first kappa shape index (κ1) is 23.2. The molecule has 2 aromatic carbocycles. The fraction of sp³-hybridized carbons (Fsp3) is 0.577. The van der Waals surface area contributed by atoms with Gasteiger partial charge in [0.05, 0.1) is 12.1 Å². The van der Waals surface area contributed by atoms with Crippen molar-refractivity contribution < 1.29 is 17.9 Å². The van der Waals surface area contributed by atoms with Crippen molar-refractivity contribution in [2.45, 2.75) is 44.2 Å². The van der Waals surface area contributed by atoms with Crippen molar-refractivity contribution in [2.75, 3.05) is 57.3 Å². The van der Waals surface area contributed by atoms with Crippen LogP contribution in [-0.2, 0) is 19.7 Å². The van der Waals surface area contributed by atoms with Gasteiger partial charge in [0.25, 0.3) is 10.2 Å². The lowest BCUT2D eigenvalue weighted by Crippen LogP contribution is -2.61. The number of benzene rings is 2. The molecule has 9 heteroatoms. The predicted molar refractivity (Wildman–Crippen MR) is 136 cm³/mol. The Balaban J connectivity index is 1.07. The average molecular weight is 499 g/mol. The molecule has 0 radical (unpaired) electrons. The Morgan fingerprint density at radius 2 is 1.54 bits per heavy atom. The highest BCUT2D eigenvalue weighted by molar-refractivity contribution is 7.86. The molecule has 3 aliphatic heterocycles. The Labute approximate surface area is 207 Å². The van der Waals surface area contributed by atoms with E-state index in [2.05, 4.69) is 48.2 Å². The Hall–Kier alpha value is -2.20. The summed E-state index contributed by atoms with van der Waals surface area (Å²) in [4.78, 5) is 16.5. The molecule has 8 nitrogen and oxygen atoms in total. The van der Waals surface area contributed by atoms with Crippen molar-refractivity contribution in [3.63, 3.8) is 0 Å². The van der Waals surface area contributed by atoms with Crippen molar-refractivity contribution in [1.29, 1.82) is 0 Å². The van der Waals surface area contributed by atoms with Gasteiger partial charge in [-0.1, -0.05) is 29.8 Å². The van der Waals surface area contributed by atoms with Crippen molar-refractivity contribution in [3.8, 4) is 0 Å². The van der Waals surface area contributed by atoms with E-state index >= 15 is 0 Å². The van der Waals surface area contributed by atoms with Gasteiger partial charge in [-0.3, -0.25) is 4.79 Å². The second kappa shape index (κ2) is 8.73. The van der Waals surface area contributed by atoms with Crippen LogP contribution in [0.25, 0.3) is 10.8 Å². The zero-order valence-corrected chi connectivity index (χ0v) is 21.2. The highest BCUT2D eigenvalue weighted by atomic mass is 32.2. The molecule has 1 spiro atoms. The Bertz CT molecular complexity index is 1230. The molecule has 0 bridgehead atoms. The minimum absolute atomic E-state index is 0.0765. The molecule has 1 saturated carbocycles. The minimum atomic E-state index is -3.51. The van der Waals surface area contributed by atoms with E-state index in [4.69, 9.17) is 4.74 Å². The Morgan fingerprint density at radius 1 is 0.886 bits per heavy atom. The first-order chi connectivity index (χ1) is 16.8. The van der Waals surface area contributed by atoms with E-state index < -0.39 is 15.8 Å². The van der Waals surface area contributed by atoms with Crippen LogP contribution in [0.3, 0.4) is 0 Å². The number of aryl methyl sites for hydroxylation is 1. The van der Waals surface area contributed by atoms with E-state index in [1.165, 1.54) is 16.3 Å². The predicted octanol–water partition coefficient (Wildman–Crippen LogP) is 2.37. The van der Waals surface area contributed by atoms with Gasteiger partial charge in [0.15, 0.2) is 0 Å². The average Bonchev–Trinajstić information content (AvgIpc) is 3.71. The summed E-state index contributed by atoms with van der Waals surface area (Å²) in [5.74, 6) is 0.0765. The largest absolute Gasteiger partial charge is 0.369 e. The van der Waals surface area contributed by atoms with E-state index in [1.807, 2.05) is 4.90 Å². The number of ether oxygens (including phenoxy) is 1. The van der Waals surface area contributed by atoms with Crippen molar-refractivity contribution in [3.05, 3.63) is 42.0 Å². The molecule has 35 heavy (non-hydrogen) atoms. The first-order valence-corrected chi connectivity index (χ1v) is 14.2. The number of anilines is 1. The number of morpholine rings is 1. The van der Waals surface area contributed by atoms with Gasteiger partial charge in [-0.2, -0.15) is 17.0 Å². The molecule has 0 atom stereocenters. The molecule has 188 valence electrons. The number of carbonyl (C=O) groups excluding carboxylic acids is 1. The van der Waals surface area contributed by atoms with Gasteiger partial charge in [0.2, 0.25) is 5.91 Å². The van der Waals surface area contributed by atoms with Crippen LogP contribution in [0, 0.1) is 6.92 Å². The second-order valence-electron chi connectivity index (χ2n) is 10.6. The lowest BCUT2D eigenvalue weighted by molar-refractivity contribution is -0.170. The summed E-state index contributed by atoms with van der Waals surface area (Å²) in [6, 6.07) is 13.3. The standard InChI is InChI=1S/C26H34N4O4S/c1-20-2-3-22-17-24(5-4-21(22)16-20)27-12-14-29(15-13-27)35(32,33)28-10-8-26(9-11-28)19-30(23-6-7-23)25(31)18-34-26/h2-5,16-17,23H,6-15,18-19H2,1H3. The molecular formula is C26H34N4O4S. The van der Waals surface area contributed by atoms with Gasteiger partial charge in [-0.15, -0.1) is 0 Å². The van der Waals surface area contributed by atoms with Crippen molar-refractivity contribution in [2.24, 2.45) is 0 Å². The maximum absolute atomic E-state index is 13.4. The van der Waals surface area contributed by atoms with Gasteiger partial charge in [0, 0.05) is 51.0 Å². The van der Waals surface area contributed by atoms with Crippen LogP contribution in [0.2, 0.25) is 0 Å². The lowest BCUT2D eigenvalue weighted by atomic mass is 9.90. The maximum atomic E-state index is 13.4. The molecule has 3 saturated heterocycles. The number of nitrogens with zero attached hydrogens (tertiary/aromatic N) is 4. The number of piperidine rings is 1. The lowest BCUT2D eigenvalue weighted by Gasteiger charge is -2.47. The SMILES string of the molecule is Cc1ccc2cc(N3CCN(S(=O)(=O)N4CCC5(CC4)CN(C4CC4)C(=O)CO5)CC3)ccc2c1. The zero-order chi connectivity index (χ0) is 24.2. The molecule has 4 aliphatic rings. The number of hydrogen-bond donors (Lipinski definition) is 0. The first-order valence-electron chi connectivity index (χ1n) is 12.8. The summed E-state index contributed by atoms with van der Waals surface area (Å²) in [5.41, 5.74) is 1.99. The third-order valence-corrected chi connectivity index (χ3v) is 10.2. The summed E-state index contributed by atoms with van der Waals surface area (Å²) in [6.45, 7) is 6.03. The molecule has 0 aromatic heterocycles. The molecule has 4 fully saturated rings. The number of piperazine rings is 1. The fourth-order valence-corrected chi connectivity index (χ4v) is 7.37. The molecular weight excluding hydrogens is 464 g/mol. The molecule has 0 N–H and O–H groups in total. The number of rotatable bonds is 4. The monoisotopic (exact) mass is 498 g/mol. The minimum Gasteiger partial charge on any atom is -0.369 e. The van der Waals surface area contributed by atoms with Crippen molar-refractivity contribution >= 4 is 32.6 Å². The topological polar surface area (TPSA) is 73.4 Å². The fourth-order valence-electron chi connectivity index (χ4n) is 5.78. The van der Waals surface area contributed by atoms with Crippen LogP contribution in [0.15, 0.2) is 36.4 Å². The molecule has 1 amide bonds. The number of amides is 1. The normalized spacial score (nSPS) is 24.4. The van der Waals surface area contributed by atoms with Gasteiger partial charge in [0.1, 0.15) is 6.61 Å². The van der Waals surface area contributed by atoms with Gasteiger partial charge in [-0.25, -0.2) is 0 Å². The number of carbonyl (C=O) groups is 1. The van der Waals surface area contributed by atoms with Crippen LogP contribution in [0.1, 0.15) is 31.2 Å². The number of fused-ring (bicyclic) bond motifs is 1. The van der Waals surface area contributed by atoms with Crippen LogP contribution in [-0.4, -0.2) is 91.9 Å². The number of hydrogen-bond acceptors (Lipinski definition) is 5. The summed E-state index contributed by atoms with van der Waals surface area (Å²) in [5, 5.41) is 2.43. The summed E-state index contributed by atoms with van der Waals surface area (Å²) in [6.07, 6.45) is 3.43. The molecule has 2 aromatic rings. The van der Waals surface area contributed by atoms with Crippen molar-refractivity contribution in [1.82, 2.24) is 13.5 Å². The quantitative estimate of drug-likeness (QED) is 0.647. The smallest absolute Gasteiger partial charge is 0.282 e. The molecule has 0 unspecified atom stereocenters. The Kier molecular flexibility index (Phi) is 5.79. The van der Waals surface area contributed by atoms with E-state index in [-0.39, 0.29) is 12.5 Å².